The van der Waals surface area contributed by atoms with Gasteiger partial charge < -0.3 is 4.74 Å². The summed E-state index contributed by atoms with van der Waals surface area (Å²) in [6, 6.07) is 10.2. The Kier molecular flexibility index (Phi) is 3.56. The van der Waals surface area contributed by atoms with Crippen molar-refractivity contribution in [3.8, 4) is 17.2 Å². The monoisotopic (exact) mass is 293 g/mol. The highest BCUT2D eigenvalue weighted by Crippen LogP contribution is 2.29. The quantitative estimate of drug-likeness (QED) is 0.544. The topological polar surface area (TPSA) is 22.1 Å². The molecule has 0 bridgehead atoms. The van der Waals surface area contributed by atoms with Gasteiger partial charge in [-0.25, -0.2) is 0 Å². The zero-order valence-electron chi connectivity index (χ0n) is 12.7. The molecule has 0 saturated carbocycles. The summed E-state index contributed by atoms with van der Waals surface area (Å²) in [6.45, 7) is 7.36. The van der Waals surface area contributed by atoms with Crippen LogP contribution in [0.2, 0.25) is 19.6 Å². The van der Waals surface area contributed by atoms with Gasteiger partial charge in [-0.15, -0.1) is 5.54 Å². The van der Waals surface area contributed by atoms with Crippen molar-refractivity contribution in [3.05, 3.63) is 58.9 Å². The Labute approximate surface area is 127 Å². The third-order valence-electron chi connectivity index (χ3n) is 3.42. The minimum atomic E-state index is -1.39. The lowest BCUT2D eigenvalue weighted by Crippen LogP contribution is -2.16. The maximum atomic E-state index is 5.95. The van der Waals surface area contributed by atoms with E-state index in [0.29, 0.717) is 6.61 Å². The molecule has 0 aliphatic carbocycles. The maximum Gasteiger partial charge on any atom is 0.129 e. The van der Waals surface area contributed by atoms with Gasteiger partial charge in [0.15, 0.2) is 0 Å². The van der Waals surface area contributed by atoms with Crippen molar-refractivity contribution < 1.29 is 4.74 Å². The fraction of sp³-hybridized carbons (Fsp3) is 0.278. The van der Waals surface area contributed by atoms with Gasteiger partial charge in [-0.1, -0.05) is 37.7 Å². The van der Waals surface area contributed by atoms with E-state index >= 15 is 0 Å². The van der Waals surface area contributed by atoms with E-state index in [2.05, 4.69) is 48.2 Å². The summed E-state index contributed by atoms with van der Waals surface area (Å²) >= 11 is 0. The molecule has 2 heterocycles. The number of benzene rings is 1. The number of aromatic nitrogens is 1. The average Bonchev–Trinajstić information content (AvgIpc) is 2.63. The minimum Gasteiger partial charge on any atom is -0.488 e. The molecule has 3 heteroatoms. The van der Waals surface area contributed by atoms with Crippen LogP contribution < -0.4 is 4.74 Å². The summed E-state index contributed by atoms with van der Waals surface area (Å²) in [5, 5.41) is 0. The maximum absolute atomic E-state index is 5.95. The Bertz CT molecular complexity index is 735. The second kappa shape index (κ2) is 5.38. The highest BCUT2D eigenvalue weighted by Gasteiger charge is 2.17. The molecule has 1 aromatic heterocycles. The van der Waals surface area contributed by atoms with Gasteiger partial charge in [0.25, 0.3) is 0 Å². The molecule has 0 saturated heterocycles. The van der Waals surface area contributed by atoms with E-state index in [9.17, 15) is 0 Å². The zero-order valence-corrected chi connectivity index (χ0v) is 13.7. The first-order valence-corrected chi connectivity index (χ1v) is 10.7. The van der Waals surface area contributed by atoms with Crippen molar-refractivity contribution in [1.82, 2.24) is 4.98 Å². The van der Waals surface area contributed by atoms with Crippen LogP contribution in [-0.2, 0) is 13.0 Å². The van der Waals surface area contributed by atoms with E-state index < -0.39 is 8.07 Å². The molecule has 0 N–H and O–H groups in total. The summed E-state index contributed by atoms with van der Waals surface area (Å²) in [4.78, 5) is 4.51. The lowest BCUT2D eigenvalue weighted by molar-refractivity contribution is 0.306. The first-order chi connectivity index (χ1) is 10.0. The standard InChI is InChI=1S/C18H19NOSi/c1-21(2,3)11-9-14-6-4-8-18-16(14)12-17-15(13-20-18)7-5-10-19-17/h4-8,10H,12-13H2,1-3H3. The summed E-state index contributed by atoms with van der Waals surface area (Å²) in [6.07, 6.45) is 2.64. The molecular formula is C18H19NOSi. The number of hydrogen-bond donors (Lipinski definition) is 0. The highest BCUT2D eigenvalue weighted by molar-refractivity contribution is 6.83. The van der Waals surface area contributed by atoms with E-state index in [1.54, 1.807) is 0 Å². The summed E-state index contributed by atoms with van der Waals surface area (Å²) in [5.74, 6) is 4.32. The molecule has 1 aromatic carbocycles. The summed E-state index contributed by atoms with van der Waals surface area (Å²) < 4.78 is 5.95. The second-order valence-electron chi connectivity index (χ2n) is 6.36. The van der Waals surface area contributed by atoms with Gasteiger partial charge in [-0.3, -0.25) is 4.98 Å². The van der Waals surface area contributed by atoms with Crippen LogP contribution in [-0.4, -0.2) is 13.1 Å². The third kappa shape index (κ3) is 3.17. The predicted octanol–water partition coefficient (Wildman–Crippen LogP) is 3.79. The van der Waals surface area contributed by atoms with Crippen LogP contribution in [0.5, 0.6) is 5.75 Å². The average molecular weight is 293 g/mol. The lowest BCUT2D eigenvalue weighted by atomic mass is 10.0. The molecule has 0 unspecified atom stereocenters. The highest BCUT2D eigenvalue weighted by atomic mass is 28.3. The van der Waals surface area contributed by atoms with E-state index in [0.717, 1.165) is 29.0 Å². The van der Waals surface area contributed by atoms with E-state index in [1.807, 2.05) is 24.4 Å². The second-order valence-corrected chi connectivity index (χ2v) is 11.1. The van der Waals surface area contributed by atoms with Gasteiger partial charge in [-0.05, 0) is 18.2 Å². The van der Waals surface area contributed by atoms with Gasteiger partial charge in [0.1, 0.15) is 20.4 Å². The number of hydrogen-bond acceptors (Lipinski definition) is 2. The normalized spacial score (nSPS) is 13.1. The van der Waals surface area contributed by atoms with Crippen molar-refractivity contribution in [2.45, 2.75) is 32.7 Å². The van der Waals surface area contributed by atoms with E-state index in [-0.39, 0.29) is 0 Å². The van der Waals surface area contributed by atoms with Crippen LogP contribution in [0.3, 0.4) is 0 Å². The first kappa shape index (κ1) is 13.9. The molecule has 0 spiro atoms. The fourth-order valence-electron chi connectivity index (χ4n) is 2.34. The number of pyridine rings is 1. The van der Waals surface area contributed by atoms with Gasteiger partial charge in [-0.2, -0.15) is 0 Å². The molecule has 2 nitrogen and oxygen atoms in total. The van der Waals surface area contributed by atoms with E-state index in [4.69, 9.17) is 4.74 Å². The molecule has 0 atom stereocenters. The Hall–Kier alpha value is -2.05. The molecule has 2 aromatic rings. The summed E-state index contributed by atoms with van der Waals surface area (Å²) in [5.41, 5.74) is 7.95. The van der Waals surface area contributed by atoms with Gasteiger partial charge in [0.2, 0.25) is 0 Å². The summed E-state index contributed by atoms with van der Waals surface area (Å²) in [7, 11) is -1.39. The van der Waals surface area contributed by atoms with Crippen molar-refractivity contribution in [2.24, 2.45) is 0 Å². The van der Waals surface area contributed by atoms with Crippen LogP contribution in [0.15, 0.2) is 36.5 Å². The lowest BCUT2D eigenvalue weighted by Gasteiger charge is -2.09. The van der Waals surface area contributed by atoms with Crippen molar-refractivity contribution in [2.75, 3.05) is 0 Å². The Morgan fingerprint density at radius 2 is 2.00 bits per heavy atom. The fourth-order valence-corrected chi connectivity index (χ4v) is 2.85. The van der Waals surface area contributed by atoms with Crippen LogP contribution in [0, 0.1) is 11.5 Å². The van der Waals surface area contributed by atoms with Crippen LogP contribution in [0.1, 0.15) is 22.4 Å². The number of ether oxygens (including phenoxy) is 1. The van der Waals surface area contributed by atoms with Crippen LogP contribution >= 0.6 is 0 Å². The molecule has 0 radical (unpaired) electrons. The Balaban J connectivity index is 2.06. The molecule has 1 aliphatic heterocycles. The van der Waals surface area contributed by atoms with Crippen molar-refractivity contribution >= 4 is 8.07 Å². The van der Waals surface area contributed by atoms with Crippen molar-refractivity contribution in [3.63, 3.8) is 0 Å². The molecule has 3 rings (SSSR count). The predicted molar refractivity (Wildman–Crippen MR) is 88.0 cm³/mol. The Morgan fingerprint density at radius 3 is 2.81 bits per heavy atom. The van der Waals surface area contributed by atoms with Crippen LogP contribution in [0.25, 0.3) is 0 Å². The van der Waals surface area contributed by atoms with Crippen LogP contribution in [0.4, 0.5) is 0 Å². The first-order valence-electron chi connectivity index (χ1n) is 7.23. The van der Waals surface area contributed by atoms with Gasteiger partial charge in [0, 0.05) is 29.3 Å². The Morgan fingerprint density at radius 1 is 1.14 bits per heavy atom. The largest absolute Gasteiger partial charge is 0.488 e. The smallest absolute Gasteiger partial charge is 0.129 e. The molecular weight excluding hydrogens is 274 g/mol. The molecule has 1 aliphatic rings. The minimum absolute atomic E-state index is 0.584. The number of rotatable bonds is 0. The SMILES string of the molecule is C[Si](C)(C)C#Cc1cccc2c1Cc1ncccc1CO2. The molecule has 0 fully saturated rings. The number of fused-ring (bicyclic) bond motifs is 2. The molecule has 0 amide bonds. The van der Waals surface area contributed by atoms with Crippen molar-refractivity contribution in [1.29, 1.82) is 0 Å². The zero-order chi connectivity index (χ0) is 14.9. The number of nitrogens with zero attached hydrogens (tertiary/aromatic N) is 1. The van der Waals surface area contributed by atoms with Gasteiger partial charge in [0.05, 0.1) is 5.69 Å². The van der Waals surface area contributed by atoms with Gasteiger partial charge >= 0.3 is 0 Å². The molecule has 106 valence electrons. The van der Waals surface area contributed by atoms with E-state index in [1.165, 1.54) is 5.56 Å². The molecule has 21 heavy (non-hydrogen) atoms. The third-order valence-corrected chi connectivity index (χ3v) is 4.29.